The van der Waals surface area contributed by atoms with Crippen LogP contribution < -0.4 is 5.32 Å². The molecule has 1 atom stereocenters. The van der Waals surface area contributed by atoms with E-state index in [4.69, 9.17) is 0 Å². The summed E-state index contributed by atoms with van der Waals surface area (Å²) in [5.74, 6) is 0. The molecule has 2 nitrogen and oxygen atoms in total. The monoisotopic (exact) mass is 240 g/mol. The largest absolute Gasteiger partial charge is 0.310 e. The fraction of sp³-hybridized carbons (Fsp3) is 0.312. The van der Waals surface area contributed by atoms with Crippen molar-refractivity contribution in [2.75, 3.05) is 6.54 Å². The maximum absolute atomic E-state index is 4.12. The standard InChI is InChI=1S/C16H20N2/c1-13-5-7-16(8-6-13)14(2)18-11-9-15-4-3-10-17-12-15/h3-8,10,12,14,18H,9,11H2,1-2H3. The highest BCUT2D eigenvalue weighted by Crippen LogP contribution is 2.12. The Hall–Kier alpha value is -1.67. The molecule has 0 aliphatic rings. The number of hydrogen-bond acceptors (Lipinski definition) is 2. The van der Waals surface area contributed by atoms with Crippen LogP contribution in [0.3, 0.4) is 0 Å². The summed E-state index contributed by atoms with van der Waals surface area (Å²) < 4.78 is 0. The molecule has 0 bridgehead atoms. The van der Waals surface area contributed by atoms with Crippen LogP contribution in [0.2, 0.25) is 0 Å². The van der Waals surface area contributed by atoms with Gasteiger partial charge in [0.05, 0.1) is 0 Å². The number of aromatic nitrogens is 1. The van der Waals surface area contributed by atoms with E-state index < -0.39 is 0 Å². The van der Waals surface area contributed by atoms with E-state index >= 15 is 0 Å². The predicted molar refractivity (Wildman–Crippen MR) is 75.5 cm³/mol. The van der Waals surface area contributed by atoms with E-state index in [9.17, 15) is 0 Å². The summed E-state index contributed by atoms with van der Waals surface area (Å²) in [4.78, 5) is 4.12. The molecule has 0 saturated carbocycles. The highest BCUT2D eigenvalue weighted by molar-refractivity contribution is 5.23. The van der Waals surface area contributed by atoms with Crippen LogP contribution in [-0.4, -0.2) is 11.5 Å². The van der Waals surface area contributed by atoms with E-state index in [0.29, 0.717) is 6.04 Å². The Morgan fingerprint density at radius 2 is 1.94 bits per heavy atom. The number of nitrogens with zero attached hydrogens (tertiary/aromatic N) is 1. The number of rotatable bonds is 5. The summed E-state index contributed by atoms with van der Waals surface area (Å²) in [5, 5.41) is 3.54. The van der Waals surface area contributed by atoms with Gasteiger partial charge < -0.3 is 5.32 Å². The molecule has 0 radical (unpaired) electrons. The molecule has 2 aromatic rings. The first-order chi connectivity index (χ1) is 8.75. The quantitative estimate of drug-likeness (QED) is 0.867. The maximum atomic E-state index is 4.12. The average molecular weight is 240 g/mol. The minimum atomic E-state index is 0.391. The lowest BCUT2D eigenvalue weighted by atomic mass is 10.1. The Morgan fingerprint density at radius 1 is 1.17 bits per heavy atom. The molecule has 94 valence electrons. The second kappa shape index (κ2) is 6.31. The molecule has 2 heteroatoms. The van der Waals surface area contributed by atoms with E-state index in [1.165, 1.54) is 16.7 Å². The normalized spacial score (nSPS) is 12.3. The molecule has 1 unspecified atom stereocenters. The fourth-order valence-corrected chi connectivity index (χ4v) is 1.95. The zero-order valence-corrected chi connectivity index (χ0v) is 11.1. The van der Waals surface area contributed by atoms with Gasteiger partial charge >= 0.3 is 0 Å². The topological polar surface area (TPSA) is 24.9 Å². The molecule has 1 aromatic heterocycles. The van der Waals surface area contributed by atoms with Gasteiger partial charge in [0, 0.05) is 18.4 Å². The number of aryl methyl sites for hydroxylation is 1. The van der Waals surface area contributed by atoms with Crippen LogP contribution in [0.1, 0.15) is 29.7 Å². The smallest absolute Gasteiger partial charge is 0.0300 e. The van der Waals surface area contributed by atoms with Crippen molar-refractivity contribution in [2.45, 2.75) is 26.3 Å². The number of nitrogens with one attached hydrogen (secondary N) is 1. The molecule has 1 aromatic carbocycles. The van der Waals surface area contributed by atoms with Crippen molar-refractivity contribution in [1.29, 1.82) is 0 Å². The number of benzene rings is 1. The van der Waals surface area contributed by atoms with Crippen molar-refractivity contribution >= 4 is 0 Å². The van der Waals surface area contributed by atoms with Gasteiger partial charge in [0.25, 0.3) is 0 Å². The van der Waals surface area contributed by atoms with Gasteiger partial charge in [0.15, 0.2) is 0 Å². The summed E-state index contributed by atoms with van der Waals surface area (Å²) in [7, 11) is 0. The Morgan fingerprint density at radius 3 is 2.61 bits per heavy atom. The lowest BCUT2D eigenvalue weighted by Gasteiger charge is -2.14. The van der Waals surface area contributed by atoms with Crippen molar-refractivity contribution in [2.24, 2.45) is 0 Å². The summed E-state index contributed by atoms with van der Waals surface area (Å²) in [6.45, 7) is 5.29. The third-order valence-electron chi connectivity index (χ3n) is 3.16. The molecule has 0 fully saturated rings. The second-order valence-electron chi connectivity index (χ2n) is 4.70. The molecule has 0 aliphatic carbocycles. The van der Waals surface area contributed by atoms with Crippen LogP contribution in [-0.2, 0) is 6.42 Å². The van der Waals surface area contributed by atoms with Crippen LogP contribution in [0.5, 0.6) is 0 Å². The van der Waals surface area contributed by atoms with Gasteiger partial charge in [-0.05, 0) is 44.0 Å². The van der Waals surface area contributed by atoms with Gasteiger partial charge in [-0.25, -0.2) is 0 Å². The molecule has 0 amide bonds. The minimum absolute atomic E-state index is 0.391. The van der Waals surface area contributed by atoms with Crippen LogP contribution in [0.25, 0.3) is 0 Å². The molecule has 1 N–H and O–H groups in total. The predicted octanol–water partition coefficient (Wildman–Crippen LogP) is 3.28. The van der Waals surface area contributed by atoms with Crippen LogP contribution >= 0.6 is 0 Å². The van der Waals surface area contributed by atoms with Crippen molar-refractivity contribution in [3.05, 3.63) is 65.5 Å². The summed E-state index contributed by atoms with van der Waals surface area (Å²) >= 11 is 0. The summed E-state index contributed by atoms with van der Waals surface area (Å²) in [5.41, 5.74) is 3.93. The first-order valence-corrected chi connectivity index (χ1v) is 6.44. The Bertz CT molecular complexity index is 462. The van der Waals surface area contributed by atoms with Gasteiger partial charge in [-0.3, -0.25) is 4.98 Å². The van der Waals surface area contributed by atoms with Crippen LogP contribution in [0.4, 0.5) is 0 Å². The minimum Gasteiger partial charge on any atom is -0.310 e. The molecule has 18 heavy (non-hydrogen) atoms. The van der Waals surface area contributed by atoms with Crippen molar-refractivity contribution in [3.63, 3.8) is 0 Å². The summed E-state index contributed by atoms with van der Waals surface area (Å²) in [6, 6.07) is 13.2. The zero-order chi connectivity index (χ0) is 12.8. The second-order valence-corrected chi connectivity index (χ2v) is 4.70. The van der Waals surface area contributed by atoms with E-state index in [1.54, 1.807) is 0 Å². The highest BCUT2D eigenvalue weighted by atomic mass is 14.9. The third kappa shape index (κ3) is 3.67. The van der Waals surface area contributed by atoms with Gasteiger partial charge in [-0.15, -0.1) is 0 Å². The number of pyridine rings is 1. The lowest BCUT2D eigenvalue weighted by Crippen LogP contribution is -2.21. The zero-order valence-electron chi connectivity index (χ0n) is 11.1. The molecular formula is C16H20N2. The average Bonchev–Trinajstić information content (AvgIpc) is 2.40. The lowest BCUT2D eigenvalue weighted by molar-refractivity contribution is 0.576. The maximum Gasteiger partial charge on any atom is 0.0300 e. The SMILES string of the molecule is Cc1ccc(C(C)NCCc2cccnc2)cc1. The molecule has 0 aliphatic heterocycles. The van der Waals surface area contributed by atoms with E-state index in [1.807, 2.05) is 18.5 Å². The van der Waals surface area contributed by atoms with Gasteiger partial charge in [-0.2, -0.15) is 0 Å². The number of hydrogen-bond donors (Lipinski definition) is 1. The van der Waals surface area contributed by atoms with E-state index in [0.717, 1.165) is 13.0 Å². The molecule has 0 spiro atoms. The van der Waals surface area contributed by atoms with Crippen molar-refractivity contribution in [1.82, 2.24) is 10.3 Å². The van der Waals surface area contributed by atoms with E-state index in [2.05, 4.69) is 54.5 Å². The Kier molecular flexibility index (Phi) is 4.48. The van der Waals surface area contributed by atoms with Gasteiger partial charge in [0.2, 0.25) is 0 Å². The van der Waals surface area contributed by atoms with Crippen LogP contribution in [0.15, 0.2) is 48.8 Å². The first-order valence-electron chi connectivity index (χ1n) is 6.44. The third-order valence-corrected chi connectivity index (χ3v) is 3.16. The Balaban J connectivity index is 1.81. The van der Waals surface area contributed by atoms with Crippen molar-refractivity contribution in [3.8, 4) is 0 Å². The highest BCUT2D eigenvalue weighted by Gasteiger charge is 2.03. The van der Waals surface area contributed by atoms with E-state index in [-0.39, 0.29) is 0 Å². The Labute approximate surface area is 109 Å². The molecule has 1 heterocycles. The fourth-order valence-electron chi connectivity index (χ4n) is 1.95. The van der Waals surface area contributed by atoms with Gasteiger partial charge in [-0.1, -0.05) is 35.9 Å². The molecular weight excluding hydrogens is 220 g/mol. The van der Waals surface area contributed by atoms with Crippen LogP contribution in [0, 0.1) is 6.92 Å². The van der Waals surface area contributed by atoms with Gasteiger partial charge in [0.1, 0.15) is 0 Å². The molecule has 2 rings (SSSR count). The van der Waals surface area contributed by atoms with Crippen molar-refractivity contribution < 1.29 is 0 Å². The molecule has 0 saturated heterocycles. The summed E-state index contributed by atoms with van der Waals surface area (Å²) in [6.07, 6.45) is 4.76. The first kappa shape index (κ1) is 12.8.